The minimum Gasteiger partial charge on any atom is -0.493 e. The number of aromatic nitrogens is 1. The number of pyridine rings is 1. The molecule has 0 fully saturated rings. The first-order valence-electron chi connectivity index (χ1n) is 9.65. The van der Waals surface area contributed by atoms with Crippen LogP contribution in [-0.2, 0) is 28.8 Å². The van der Waals surface area contributed by atoms with E-state index in [2.05, 4.69) is 29.0 Å². The molecule has 0 N–H and O–H groups in total. The third-order valence-corrected chi connectivity index (χ3v) is 5.36. The summed E-state index contributed by atoms with van der Waals surface area (Å²) in [6.07, 6.45) is 4.35. The number of amides is 1. The molecule has 0 saturated carbocycles. The van der Waals surface area contributed by atoms with Crippen LogP contribution in [0.1, 0.15) is 37.6 Å². The van der Waals surface area contributed by atoms with Crippen molar-refractivity contribution in [3.8, 4) is 5.75 Å². The van der Waals surface area contributed by atoms with Gasteiger partial charge >= 0.3 is 0 Å². The Bertz CT molecular complexity index is 817. The minimum atomic E-state index is -0.210. The molecule has 1 aliphatic heterocycles. The highest BCUT2D eigenvalue weighted by Gasteiger charge is 2.30. The number of carbonyl (C=O) groups is 1. The fourth-order valence-electron chi connectivity index (χ4n) is 2.77. The summed E-state index contributed by atoms with van der Waals surface area (Å²) in [7, 11) is 0. The van der Waals surface area contributed by atoms with Crippen molar-refractivity contribution in [3.05, 3.63) is 59.4 Å². The lowest BCUT2D eigenvalue weighted by atomic mass is 10.1. The van der Waals surface area contributed by atoms with Crippen molar-refractivity contribution in [2.24, 2.45) is 4.99 Å². The quantitative estimate of drug-likeness (QED) is 0.666. The summed E-state index contributed by atoms with van der Waals surface area (Å²) in [6, 6.07) is 12.1. The number of nitrogens with zero attached hydrogens (tertiary/aromatic N) is 2. The summed E-state index contributed by atoms with van der Waals surface area (Å²) in [4.78, 5) is 20.5. The summed E-state index contributed by atoms with van der Waals surface area (Å²) in [5, 5.41) is 0.267. The number of aliphatic imine (C=N–C) groups is 1. The number of hydrogen-bond donors (Lipinski definition) is 0. The molecule has 1 atom stereocenters. The molecule has 0 saturated heterocycles. The SMILES string of the molecule is CCc1ccc(CCOc2ccc(CC3SC(OC(C)C)=NC3=O)cc2)nc1. The Hall–Kier alpha value is -2.34. The lowest BCUT2D eigenvalue weighted by molar-refractivity contribution is -0.117. The van der Waals surface area contributed by atoms with E-state index in [4.69, 9.17) is 9.47 Å². The van der Waals surface area contributed by atoms with Crippen molar-refractivity contribution >= 4 is 22.9 Å². The number of hydrogen-bond acceptors (Lipinski definition) is 5. The molecule has 148 valence electrons. The zero-order chi connectivity index (χ0) is 19.9. The molecule has 1 aromatic heterocycles. The van der Waals surface area contributed by atoms with Gasteiger partial charge in [0.15, 0.2) is 0 Å². The van der Waals surface area contributed by atoms with Crippen LogP contribution in [-0.4, -0.2) is 34.1 Å². The van der Waals surface area contributed by atoms with Crippen molar-refractivity contribution in [1.82, 2.24) is 4.98 Å². The molecule has 1 aromatic carbocycles. The van der Waals surface area contributed by atoms with Gasteiger partial charge in [0.1, 0.15) is 5.75 Å². The second kappa shape index (κ2) is 9.73. The Balaban J connectivity index is 1.45. The highest BCUT2D eigenvalue weighted by atomic mass is 32.2. The molecule has 0 spiro atoms. The molecule has 28 heavy (non-hydrogen) atoms. The summed E-state index contributed by atoms with van der Waals surface area (Å²) in [5.41, 5.74) is 3.36. The monoisotopic (exact) mass is 398 g/mol. The minimum absolute atomic E-state index is 0.0222. The van der Waals surface area contributed by atoms with Gasteiger partial charge in [0.2, 0.25) is 0 Å². The summed E-state index contributed by atoms with van der Waals surface area (Å²) >= 11 is 1.40. The highest BCUT2D eigenvalue weighted by molar-refractivity contribution is 8.15. The van der Waals surface area contributed by atoms with Gasteiger partial charge in [-0.25, -0.2) is 0 Å². The topological polar surface area (TPSA) is 60.8 Å². The lowest BCUT2D eigenvalue weighted by Gasteiger charge is -2.10. The van der Waals surface area contributed by atoms with Crippen molar-refractivity contribution in [3.63, 3.8) is 0 Å². The first kappa shape index (κ1) is 20.4. The Morgan fingerprint density at radius 3 is 2.50 bits per heavy atom. The van der Waals surface area contributed by atoms with Crippen molar-refractivity contribution in [1.29, 1.82) is 0 Å². The van der Waals surface area contributed by atoms with E-state index in [1.165, 1.54) is 17.3 Å². The molecule has 1 amide bonds. The predicted octanol–water partition coefficient (Wildman–Crippen LogP) is 4.23. The zero-order valence-corrected chi connectivity index (χ0v) is 17.4. The zero-order valence-electron chi connectivity index (χ0n) is 16.6. The fraction of sp³-hybridized carbons (Fsp3) is 0.409. The Kier molecular flexibility index (Phi) is 7.09. The molecule has 1 unspecified atom stereocenters. The number of rotatable bonds is 8. The molecular formula is C22H26N2O3S. The maximum Gasteiger partial charge on any atom is 0.263 e. The number of carbonyl (C=O) groups excluding carboxylic acids is 1. The first-order valence-corrected chi connectivity index (χ1v) is 10.5. The van der Waals surface area contributed by atoms with Crippen molar-refractivity contribution in [2.45, 2.75) is 51.4 Å². The normalized spacial score (nSPS) is 16.4. The van der Waals surface area contributed by atoms with Crippen LogP contribution in [0.4, 0.5) is 0 Å². The van der Waals surface area contributed by atoms with Crippen LogP contribution in [0.2, 0.25) is 0 Å². The van der Waals surface area contributed by atoms with Crippen molar-refractivity contribution < 1.29 is 14.3 Å². The highest BCUT2D eigenvalue weighted by Crippen LogP contribution is 2.27. The van der Waals surface area contributed by atoms with Crippen LogP contribution in [0.3, 0.4) is 0 Å². The van der Waals surface area contributed by atoms with Crippen LogP contribution in [0.15, 0.2) is 47.6 Å². The van der Waals surface area contributed by atoms with E-state index in [0.29, 0.717) is 18.3 Å². The van der Waals surface area contributed by atoms with E-state index in [0.717, 1.165) is 29.8 Å². The molecule has 0 bridgehead atoms. The smallest absolute Gasteiger partial charge is 0.263 e. The van der Waals surface area contributed by atoms with Gasteiger partial charge in [-0.15, -0.1) is 0 Å². The third kappa shape index (κ3) is 5.83. The van der Waals surface area contributed by atoms with Crippen LogP contribution in [0.5, 0.6) is 5.75 Å². The van der Waals surface area contributed by atoms with E-state index >= 15 is 0 Å². The van der Waals surface area contributed by atoms with Gasteiger partial charge in [-0.05, 0) is 56.0 Å². The Morgan fingerprint density at radius 2 is 1.86 bits per heavy atom. The average molecular weight is 399 g/mol. The van der Waals surface area contributed by atoms with Gasteiger partial charge in [-0.3, -0.25) is 9.78 Å². The Morgan fingerprint density at radius 1 is 1.11 bits per heavy atom. The first-order chi connectivity index (χ1) is 13.5. The van der Waals surface area contributed by atoms with E-state index in [1.807, 2.05) is 44.3 Å². The average Bonchev–Trinajstić information content (AvgIpc) is 3.02. The molecule has 6 heteroatoms. The molecule has 0 radical (unpaired) electrons. The number of ether oxygens (including phenoxy) is 2. The molecule has 0 aliphatic carbocycles. The summed E-state index contributed by atoms with van der Waals surface area (Å²) < 4.78 is 11.3. The second-order valence-corrected chi connectivity index (χ2v) is 8.10. The van der Waals surface area contributed by atoms with Gasteiger partial charge < -0.3 is 9.47 Å². The molecule has 2 aromatic rings. The van der Waals surface area contributed by atoms with Gasteiger partial charge in [0.25, 0.3) is 11.1 Å². The molecule has 2 heterocycles. The number of thioether (sulfide) groups is 1. The fourth-order valence-corrected chi connectivity index (χ4v) is 3.83. The standard InChI is InChI=1S/C22H26N2O3S/c1-4-16-5-8-18(23-14-16)11-12-26-19-9-6-17(7-10-19)13-20-21(25)24-22(28-20)27-15(2)3/h5-10,14-15,20H,4,11-13H2,1-3H3. The van der Waals surface area contributed by atoms with E-state index < -0.39 is 0 Å². The number of benzene rings is 1. The molecular weight excluding hydrogens is 372 g/mol. The summed E-state index contributed by atoms with van der Waals surface area (Å²) in [6.45, 7) is 6.56. The number of aryl methyl sites for hydroxylation is 1. The van der Waals surface area contributed by atoms with E-state index in [9.17, 15) is 4.79 Å². The maximum atomic E-state index is 12.0. The van der Waals surface area contributed by atoms with Gasteiger partial charge in [-0.2, -0.15) is 4.99 Å². The van der Waals surface area contributed by atoms with Crippen molar-refractivity contribution in [2.75, 3.05) is 6.61 Å². The molecule has 5 nitrogen and oxygen atoms in total. The Labute approximate surface area is 170 Å². The molecule has 1 aliphatic rings. The van der Waals surface area contributed by atoms with E-state index in [1.54, 1.807) is 0 Å². The van der Waals surface area contributed by atoms with Gasteiger partial charge in [0.05, 0.1) is 18.0 Å². The second-order valence-electron chi connectivity index (χ2n) is 6.95. The predicted molar refractivity (Wildman–Crippen MR) is 113 cm³/mol. The van der Waals surface area contributed by atoms with Gasteiger partial charge in [-0.1, -0.05) is 36.9 Å². The van der Waals surface area contributed by atoms with Crippen LogP contribution >= 0.6 is 11.8 Å². The molecule has 3 rings (SSSR count). The van der Waals surface area contributed by atoms with E-state index in [-0.39, 0.29) is 17.3 Å². The largest absolute Gasteiger partial charge is 0.493 e. The van der Waals surface area contributed by atoms with Crippen LogP contribution < -0.4 is 4.74 Å². The third-order valence-electron chi connectivity index (χ3n) is 4.32. The maximum absolute atomic E-state index is 12.0. The van der Waals surface area contributed by atoms with Crippen LogP contribution in [0.25, 0.3) is 0 Å². The van der Waals surface area contributed by atoms with Gasteiger partial charge in [0, 0.05) is 18.3 Å². The van der Waals surface area contributed by atoms with Crippen LogP contribution in [0, 0.1) is 0 Å². The summed E-state index contributed by atoms with van der Waals surface area (Å²) in [5.74, 6) is 0.696. The lowest BCUT2D eigenvalue weighted by Crippen LogP contribution is -2.14.